The smallest absolute Gasteiger partial charge is 0.123 e. The summed E-state index contributed by atoms with van der Waals surface area (Å²) in [7, 11) is 1.64. The molecule has 1 aromatic rings. The Morgan fingerprint density at radius 3 is 2.80 bits per heavy atom. The summed E-state index contributed by atoms with van der Waals surface area (Å²) in [6, 6.07) is 7.56. The highest BCUT2D eigenvalue weighted by Gasteiger charge is 1.95. The number of rotatable bonds is 7. The van der Waals surface area contributed by atoms with Crippen molar-refractivity contribution >= 4 is 0 Å². The summed E-state index contributed by atoms with van der Waals surface area (Å²) in [6.45, 7) is 2.90. The van der Waals surface area contributed by atoms with Crippen LogP contribution in [0.15, 0.2) is 24.3 Å². The molecule has 4 heteroatoms. The maximum atomic E-state index is 5.51. The zero-order chi connectivity index (χ0) is 10.9. The first-order valence-electron chi connectivity index (χ1n) is 5.04. The molecule has 0 atom stereocenters. The lowest BCUT2D eigenvalue weighted by molar-refractivity contribution is 0.312. The van der Waals surface area contributed by atoms with Crippen LogP contribution in [0.25, 0.3) is 0 Å². The first kappa shape index (κ1) is 11.8. The van der Waals surface area contributed by atoms with E-state index in [0.29, 0.717) is 13.2 Å². The van der Waals surface area contributed by atoms with Crippen LogP contribution >= 0.6 is 0 Å². The van der Waals surface area contributed by atoms with Crippen LogP contribution in [0.5, 0.6) is 11.5 Å². The van der Waals surface area contributed by atoms with Crippen LogP contribution in [0.1, 0.15) is 0 Å². The fourth-order valence-corrected chi connectivity index (χ4v) is 1.16. The molecule has 15 heavy (non-hydrogen) atoms. The maximum absolute atomic E-state index is 5.51. The van der Waals surface area contributed by atoms with Gasteiger partial charge in [0.15, 0.2) is 0 Å². The molecule has 3 N–H and O–H groups in total. The van der Waals surface area contributed by atoms with Crippen LogP contribution in [-0.4, -0.2) is 33.4 Å². The highest BCUT2D eigenvalue weighted by Crippen LogP contribution is 2.18. The van der Waals surface area contributed by atoms with Crippen LogP contribution < -0.4 is 20.5 Å². The van der Waals surface area contributed by atoms with E-state index in [1.807, 2.05) is 24.3 Å². The van der Waals surface area contributed by atoms with Gasteiger partial charge in [-0.1, -0.05) is 6.07 Å². The van der Waals surface area contributed by atoms with Crippen molar-refractivity contribution < 1.29 is 9.47 Å². The van der Waals surface area contributed by atoms with Crippen LogP contribution in [0, 0.1) is 0 Å². The quantitative estimate of drug-likeness (QED) is 0.648. The van der Waals surface area contributed by atoms with Gasteiger partial charge in [0.1, 0.15) is 18.1 Å². The van der Waals surface area contributed by atoms with Gasteiger partial charge in [0, 0.05) is 25.7 Å². The Labute approximate surface area is 90.4 Å². The number of methoxy groups -OCH3 is 1. The van der Waals surface area contributed by atoms with E-state index < -0.39 is 0 Å². The molecule has 0 saturated carbocycles. The van der Waals surface area contributed by atoms with Gasteiger partial charge in [0.2, 0.25) is 0 Å². The molecular formula is C11H18N2O2. The van der Waals surface area contributed by atoms with E-state index in [1.54, 1.807) is 7.11 Å². The van der Waals surface area contributed by atoms with E-state index in [-0.39, 0.29) is 0 Å². The number of benzene rings is 1. The SMILES string of the molecule is COc1cccc(OCCNCCN)c1. The fraction of sp³-hybridized carbons (Fsp3) is 0.455. The topological polar surface area (TPSA) is 56.5 Å². The molecule has 0 unspecified atom stereocenters. The summed E-state index contributed by atoms with van der Waals surface area (Å²) in [6.07, 6.45) is 0. The molecule has 0 heterocycles. The molecule has 0 amide bonds. The molecule has 1 aromatic carbocycles. The van der Waals surface area contributed by atoms with Gasteiger partial charge in [-0.05, 0) is 12.1 Å². The van der Waals surface area contributed by atoms with Gasteiger partial charge in [0.25, 0.3) is 0 Å². The zero-order valence-corrected chi connectivity index (χ0v) is 9.03. The van der Waals surface area contributed by atoms with Crippen LogP contribution in [0.3, 0.4) is 0 Å². The van der Waals surface area contributed by atoms with Gasteiger partial charge < -0.3 is 20.5 Å². The Morgan fingerprint density at radius 2 is 2.07 bits per heavy atom. The average molecular weight is 210 g/mol. The number of ether oxygens (including phenoxy) is 2. The van der Waals surface area contributed by atoms with E-state index >= 15 is 0 Å². The maximum Gasteiger partial charge on any atom is 0.123 e. The van der Waals surface area contributed by atoms with E-state index in [0.717, 1.165) is 24.6 Å². The summed E-state index contributed by atoms with van der Waals surface area (Å²) in [4.78, 5) is 0. The molecular weight excluding hydrogens is 192 g/mol. The van der Waals surface area contributed by atoms with E-state index in [2.05, 4.69) is 5.32 Å². The Balaban J connectivity index is 2.24. The summed E-state index contributed by atoms with van der Waals surface area (Å²) in [5.41, 5.74) is 5.34. The molecule has 0 fully saturated rings. The second-order valence-electron chi connectivity index (χ2n) is 3.07. The van der Waals surface area contributed by atoms with Crippen molar-refractivity contribution in [2.45, 2.75) is 0 Å². The third kappa shape index (κ3) is 4.67. The molecule has 1 rings (SSSR count). The standard InChI is InChI=1S/C11H18N2O2/c1-14-10-3-2-4-11(9-10)15-8-7-13-6-5-12/h2-4,9,13H,5-8,12H2,1H3. The van der Waals surface area contributed by atoms with Gasteiger partial charge in [0.05, 0.1) is 7.11 Å². The predicted molar refractivity (Wildman–Crippen MR) is 60.4 cm³/mol. The van der Waals surface area contributed by atoms with Crippen LogP contribution in [-0.2, 0) is 0 Å². The Bertz CT molecular complexity index is 279. The summed E-state index contributed by atoms with van der Waals surface area (Å²) in [5, 5.41) is 3.15. The summed E-state index contributed by atoms with van der Waals surface area (Å²) >= 11 is 0. The minimum absolute atomic E-state index is 0.632. The van der Waals surface area contributed by atoms with Crippen molar-refractivity contribution in [3.63, 3.8) is 0 Å². The molecule has 0 aromatic heterocycles. The second-order valence-corrected chi connectivity index (χ2v) is 3.07. The van der Waals surface area contributed by atoms with Crippen LogP contribution in [0.4, 0.5) is 0 Å². The predicted octanol–water partition coefficient (Wildman–Crippen LogP) is 0.622. The lowest BCUT2D eigenvalue weighted by Crippen LogP contribution is -2.26. The van der Waals surface area contributed by atoms with Gasteiger partial charge in [-0.25, -0.2) is 0 Å². The number of nitrogens with two attached hydrogens (primary N) is 1. The Morgan fingerprint density at radius 1 is 1.27 bits per heavy atom. The minimum Gasteiger partial charge on any atom is -0.497 e. The molecule has 4 nitrogen and oxygen atoms in total. The highest BCUT2D eigenvalue weighted by molar-refractivity contribution is 5.32. The van der Waals surface area contributed by atoms with E-state index in [1.165, 1.54) is 0 Å². The van der Waals surface area contributed by atoms with Crippen molar-refractivity contribution in [1.82, 2.24) is 5.32 Å². The second kappa shape index (κ2) is 7.09. The number of hydrogen-bond acceptors (Lipinski definition) is 4. The van der Waals surface area contributed by atoms with Gasteiger partial charge in [-0.3, -0.25) is 0 Å². The molecule has 0 saturated heterocycles. The largest absolute Gasteiger partial charge is 0.497 e. The van der Waals surface area contributed by atoms with Crippen molar-refractivity contribution in [1.29, 1.82) is 0 Å². The normalized spacial score (nSPS) is 10.0. The third-order valence-corrected chi connectivity index (χ3v) is 1.91. The molecule has 0 aliphatic heterocycles. The first-order valence-corrected chi connectivity index (χ1v) is 5.04. The summed E-state index contributed by atoms with van der Waals surface area (Å²) in [5.74, 6) is 1.63. The molecule has 0 radical (unpaired) electrons. The molecule has 0 bridgehead atoms. The number of hydrogen-bond donors (Lipinski definition) is 2. The van der Waals surface area contributed by atoms with Crippen molar-refractivity contribution in [3.8, 4) is 11.5 Å². The third-order valence-electron chi connectivity index (χ3n) is 1.91. The summed E-state index contributed by atoms with van der Waals surface area (Å²) < 4.78 is 10.6. The van der Waals surface area contributed by atoms with Gasteiger partial charge >= 0.3 is 0 Å². The fourth-order valence-electron chi connectivity index (χ4n) is 1.16. The van der Waals surface area contributed by atoms with Gasteiger partial charge in [-0.15, -0.1) is 0 Å². The van der Waals surface area contributed by atoms with Gasteiger partial charge in [-0.2, -0.15) is 0 Å². The molecule has 84 valence electrons. The number of nitrogens with one attached hydrogen (secondary N) is 1. The average Bonchev–Trinajstić information content (AvgIpc) is 2.29. The molecule has 0 aliphatic carbocycles. The van der Waals surface area contributed by atoms with Crippen LogP contribution in [0.2, 0.25) is 0 Å². The molecule has 0 spiro atoms. The lowest BCUT2D eigenvalue weighted by atomic mass is 10.3. The highest BCUT2D eigenvalue weighted by atomic mass is 16.5. The Kier molecular flexibility index (Phi) is 5.58. The lowest BCUT2D eigenvalue weighted by Gasteiger charge is -2.07. The van der Waals surface area contributed by atoms with Crippen molar-refractivity contribution in [2.75, 3.05) is 33.4 Å². The van der Waals surface area contributed by atoms with E-state index in [9.17, 15) is 0 Å². The zero-order valence-electron chi connectivity index (χ0n) is 9.03. The van der Waals surface area contributed by atoms with E-state index in [4.69, 9.17) is 15.2 Å². The minimum atomic E-state index is 0.632. The first-order chi connectivity index (χ1) is 7.36. The Hall–Kier alpha value is -1.26. The van der Waals surface area contributed by atoms with Crippen molar-refractivity contribution in [3.05, 3.63) is 24.3 Å². The molecule has 0 aliphatic rings. The monoisotopic (exact) mass is 210 g/mol. The van der Waals surface area contributed by atoms with Crippen molar-refractivity contribution in [2.24, 2.45) is 5.73 Å².